The Kier molecular flexibility index (Phi) is 10.4. The highest BCUT2D eigenvalue weighted by molar-refractivity contribution is 7.99. The number of thioether (sulfide) groups is 1. The van der Waals surface area contributed by atoms with Crippen molar-refractivity contribution in [3.63, 3.8) is 0 Å². The molecule has 31 heavy (non-hydrogen) atoms. The molecule has 2 aromatic carbocycles. The average Bonchev–Trinajstić information content (AvgIpc) is 2.75. The van der Waals surface area contributed by atoms with Crippen molar-refractivity contribution in [1.82, 2.24) is 10.2 Å². The van der Waals surface area contributed by atoms with Crippen molar-refractivity contribution >= 4 is 35.2 Å². The Hall–Kier alpha value is -1.98. The van der Waals surface area contributed by atoms with E-state index in [1.165, 1.54) is 5.56 Å². The number of halogens is 1. The molecule has 4 nitrogen and oxygen atoms in total. The number of nitrogens with one attached hydrogen (secondary N) is 1. The Labute approximate surface area is 195 Å². The summed E-state index contributed by atoms with van der Waals surface area (Å²) < 4.78 is 0. The number of hydrogen-bond acceptors (Lipinski definition) is 3. The minimum Gasteiger partial charge on any atom is -0.354 e. The lowest BCUT2D eigenvalue weighted by Crippen LogP contribution is -2.48. The molecule has 0 fully saturated rings. The highest BCUT2D eigenvalue weighted by atomic mass is 35.5. The summed E-state index contributed by atoms with van der Waals surface area (Å²) in [6.45, 7) is 8.99. The van der Waals surface area contributed by atoms with Gasteiger partial charge in [0.15, 0.2) is 0 Å². The van der Waals surface area contributed by atoms with E-state index in [9.17, 15) is 9.59 Å². The quantitative estimate of drug-likeness (QED) is 0.345. The SMILES string of the molecule is Cc1ccc(CN(C(=O)CCCSc2ccc(Cl)cc2)[C@H](C)C(=O)NCC(C)C)cc1. The monoisotopic (exact) mass is 460 g/mol. The zero-order chi connectivity index (χ0) is 22.8. The van der Waals surface area contributed by atoms with Crippen LogP contribution in [0.25, 0.3) is 0 Å². The van der Waals surface area contributed by atoms with Crippen LogP contribution in [0.5, 0.6) is 0 Å². The van der Waals surface area contributed by atoms with Gasteiger partial charge in [-0.1, -0.05) is 55.3 Å². The highest BCUT2D eigenvalue weighted by Crippen LogP contribution is 2.22. The van der Waals surface area contributed by atoms with Crippen molar-refractivity contribution in [2.75, 3.05) is 12.3 Å². The van der Waals surface area contributed by atoms with E-state index in [4.69, 9.17) is 11.6 Å². The summed E-state index contributed by atoms with van der Waals surface area (Å²) in [7, 11) is 0. The molecule has 0 aliphatic heterocycles. The minimum atomic E-state index is -0.517. The van der Waals surface area contributed by atoms with Crippen molar-refractivity contribution in [3.05, 3.63) is 64.7 Å². The largest absolute Gasteiger partial charge is 0.354 e. The zero-order valence-corrected chi connectivity index (χ0v) is 20.4. The van der Waals surface area contributed by atoms with E-state index in [-0.39, 0.29) is 11.8 Å². The number of rotatable bonds is 11. The first-order chi connectivity index (χ1) is 14.8. The van der Waals surface area contributed by atoms with Crippen LogP contribution in [0.4, 0.5) is 0 Å². The number of amides is 2. The zero-order valence-electron chi connectivity index (χ0n) is 18.9. The van der Waals surface area contributed by atoms with Gasteiger partial charge in [-0.15, -0.1) is 11.8 Å². The summed E-state index contributed by atoms with van der Waals surface area (Å²) in [5, 5.41) is 3.68. The molecule has 0 aromatic heterocycles. The van der Waals surface area contributed by atoms with Gasteiger partial charge in [0, 0.05) is 29.4 Å². The van der Waals surface area contributed by atoms with Crippen LogP contribution in [0, 0.1) is 12.8 Å². The summed E-state index contributed by atoms with van der Waals surface area (Å²) >= 11 is 7.63. The van der Waals surface area contributed by atoms with E-state index in [0.29, 0.717) is 25.4 Å². The van der Waals surface area contributed by atoms with Crippen LogP contribution in [0.3, 0.4) is 0 Å². The predicted molar refractivity (Wildman–Crippen MR) is 130 cm³/mol. The Morgan fingerprint density at radius 2 is 1.68 bits per heavy atom. The first-order valence-corrected chi connectivity index (χ1v) is 12.1. The van der Waals surface area contributed by atoms with Gasteiger partial charge in [0.05, 0.1) is 0 Å². The molecule has 2 rings (SSSR count). The molecule has 1 atom stereocenters. The Bertz CT molecular complexity index is 838. The van der Waals surface area contributed by atoms with Gasteiger partial charge in [-0.25, -0.2) is 0 Å². The van der Waals surface area contributed by atoms with Crippen molar-refractivity contribution < 1.29 is 9.59 Å². The average molecular weight is 461 g/mol. The van der Waals surface area contributed by atoms with Crippen molar-refractivity contribution in [2.24, 2.45) is 5.92 Å². The summed E-state index contributed by atoms with van der Waals surface area (Å²) in [5.74, 6) is 1.09. The van der Waals surface area contributed by atoms with Crippen LogP contribution in [0.1, 0.15) is 44.7 Å². The second-order valence-corrected chi connectivity index (χ2v) is 9.83. The van der Waals surface area contributed by atoms with Gasteiger partial charge >= 0.3 is 0 Å². The molecule has 0 saturated heterocycles. The van der Waals surface area contributed by atoms with Crippen LogP contribution in [0.15, 0.2) is 53.4 Å². The first kappa shape index (κ1) is 25.3. The number of nitrogens with zero attached hydrogens (tertiary/aromatic N) is 1. The lowest BCUT2D eigenvalue weighted by molar-refractivity contribution is -0.140. The topological polar surface area (TPSA) is 49.4 Å². The molecule has 0 bridgehead atoms. The molecule has 2 amide bonds. The number of hydrogen-bond donors (Lipinski definition) is 1. The van der Waals surface area contributed by atoms with Crippen LogP contribution < -0.4 is 5.32 Å². The van der Waals surface area contributed by atoms with Crippen LogP contribution in [0.2, 0.25) is 5.02 Å². The summed E-state index contributed by atoms with van der Waals surface area (Å²) in [6, 6.07) is 15.3. The van der Waals surface area contributed by atoms with Crippen LogP contribution in [-0.4, -0.2) is 35.1 Å². The maximum Gasteiger partial charge on any atom is 0.242 e. The second-order valence-electron chi connectivity index (χ2n) is 8.23. The van der Waals surface area contributed by atoms with Crippen LogP contribution >= 0.6 is 23.4 Å². The maximum atomic E-state index is 13.1. The molecule has 0 heterocycles. The normalized spacial score (nSPS) is 11.9. The van der Waals surface area contributed by atoms with E-state index in [2.05, 4.69) is 19.2 Å². The fourth-order valence-electron chi connectivity index (χ4n) is 3.01. The smallest absolute Gasteiger partial charge is 0.242 e. The summed E-state index contributed by atoms with van der Waals surface area (Å²) in [6.07, 6.45) is 1.16. The van der Waals surface area contributed by atoms with Gasteiger partial charge in [-0.05, 0) is 61.8 Å². The lowest BCUT2D eigenvalue weighted by atomic mass is 10.1. The van der Waals surface area contributed by atoms with E-state index >= 15 is 0 Å². The van der Waals surface area contributed by atoms with Gasteiger partial charge in [0.1, 0.15) is 6.04 Å². The van der Waals surface area contributed by atoms with Gasteiger partial charge in [0.25, 0.3) is 0 Å². The number of carbonyl (C=O) groups excluding carboxylic acids is 2. The number of benzene rings is 2. The van der Waals surface area contributed by atoms with Crippen molar-refractivity contribution in [2.45, 2.75) is 58.0 Å². The molecular formula is C25H33ClN2O2S. The number of carbonyl (C=O) groups is 2. The third-order valence-corrected chi connectivity index (χ3v) is 6.29. The maximum absolute atomic E-state index is 13.1. The summed E-state index contributed by atoms with van der Waals surface area (Å²) in [4.78, 5) is 28.6. The molecule has 0 aliphatic carbocycles. The van der Waals surface area contributed by atoms with Gasteiger partial charge in [-0.2, -0.15) is 0 Å². The first-order valence-electron chi connectivity index (χ1n) is 10.8. The van der Waals surface area contributed by atoms with E-state index < -0.39 is 6.04 Å². The van der Waals surface area contributed by atoms with E-state index in [1.54, 1.807) is 16.7 Å². The molecule has 168 valence electrons. The molecule has 0 unspecified atom stereocenters. The van der Waals surface area contributed by atoms with E-state index in [0.717, 1.165) is 27.7 Å². The Morgan fingerprint density at radius 1 is 1.03 bits per heavy atom. The molecular weight excluding hydrogens is 428 g/mol. The molecule has 0 aliphatic rings. The van der Waals surface area contributed by atoms with Gasteiger partial charge < -0.3 is 10.2 Å². The van der Waals surface area contributed by atoms with E-state index in [1.807, 2.05) is 62.4 Å². The lowest BCUT2D eigenvalue weighted by Gasteiger charge is -2.29. The summed E-state index contributed by atoms with van der Waals surface area (Å²) in [5.41, 5.74) is 2.20. The second kappa shape index (κ2) is 12.8. The van der Waals surface area contributed by atoms with Gasteiger partial charge in [0.2, 0.25) is 11.8 Å². The third kappa shape index (κ3) is 8.96. The molecule has 2 aromatic rings. The molecule has 0 saturated carbocycles. The fourth-order valence-corrected chi connectivity index (χ4v) is 3.99. The third-order valence-electron chi connectivity index (χ3n) is 4.94. The van der Waals surface area contributed by atoms with Crippen LogP contribution in [-0.2, 0) is 16.1 Å². The Morgan fingerprint density at radius 3 is 2.29 bits per heavy atom. The van der Waals surface area contributed by atoms with Crippen molar-refractivity contribution in [1.29, 1.82) is 0 Å². The molecule has 1 N–H and O–H groups in total. The number of aryl methyl sites for hydroxylation is 1. The molecule has 0 spiro atoms. The predicted octanol–water partition coefficient (Wildman–Crippen LogP) is 5.71. The Balaban J connectivity index is 1.97. The molecule has 0 radical (unpaired) electrons. The molecule has 6 heteroatoms. The minimum absolute atomic E-state index is 0.00415. The van der Waals surface area contributed by atoms with Crippen molar-refractivity contribution in [3.8, 4) is 0 Å². The highest BCUT2D eigenvalue weighted by Gasteiger charge is 2.25. The fraction of sp³-hybridized carbons (Fsp3) is 0.440. The standard InChI is InChI=1S/C25H33ClN2O2S/c1-18(2)16-27-25(30)20(4)28(17-21-9-7-19(3)8-10-21)24(29)6-5-15-31-23-13-11-22(26)12-14-23/h7-14,18,20H,5-6,15-17H2,1-4H3,(H,27,30)/t20-/m1/s1. The van der Waals surface area contributed by atoms with Gasteiger partial charge in [-0.3, -0.25) is 9.59 Å².